The maximum Gasteiger partial charge on any atom is 0.241 e. The van der Waals surface area contributed by atoms with Crippen LogP contribution in [-0.2, 0) is 10.0 Å². The number of halogens is 2. The quantitative estimate of drug-likeness (QED) is 0.884. The van der Waals surface area contributed by atoms with Crippen LogP contribution in [0.2, 0.25) is 0 Å². The molecule has 1 aromatic rings. The Balaban J connectivity index is 2.32. The summed E-state index contributed by atoms with van der Waals surface area (Å²) in [5.41, 5.74) is -0.915. The highest BCUT2D eigenvalue weighted by molar-refractivity contribution is 7.89. The highest BCUT2D eigenvalue weighted by atomic mass is 32.2. The third kappa shape index (κ3) is 3.10. The first-order chi connectivity index (χ1) is 8.87. The summed E-state index contributed by atoms with van der Waals surface area (Å²) in [5, 5.41) is 9.36. The van der Waals surface area contributed by atoms with Crippen molar-refractivity contribution in [2.75, 3.05) is 6.61 Å². The van der Waals surface area contributed by atoms with Crippen molar-refractivity contribution in [2.24, 2.45) is 0 Å². The van der Waals surface area contributed by atoms with Gasteiger partial charge >= 0.3 is 0 Å². The van der Waals surface area contributed by atoms with Gasteiger partial charge in [0.15, 0.2) is 0 Å². The summed E-state index contributed by atoms with van der Waals surface area (Å²) in [5.74, 6) is -1.91. The molecule has 1 aromatic carbocycles. The minimum atomic E-state index is -4.05. The van der Waals surface area contributed by atoms with Gasteiger partial charge in [0, 0.05) is 6.07 Å². The molecule has 2 N–H and O–H groups in total. The number of nitrogens with one attached hydrogen (secondary N) is 1. The lowest BCUT2D eigenvalue weighted by Crippen LogP contribution is -2.49. The third-order valence-electron chi connectivity index (χ3n) is 3.36. The molecule has 1 aliphatic carbocycles. The van der Waals surface area contributed by atoms with E-state index < -0.39 is 32.1 Å². The van der Waals surface area contributed by atoms with E-state index in [4.69, 9.17) is 0 Å². The molecule has 1 aliphatic rings. The normalized spacial score (nSPS) is 18.7. The SMILES string of the molecule is O=S(=O)(NC1(CO)CCCC1)c1cc(F)cc(F)c1. The lowest BCUT2D eigenvalue weighted by Gasteiger charge is -2.27. The lowest BCUT2D eigenvalue weighted by atomic mass is 10.0. The Morgan fingerprint density at radius 3 is 2.16 bits per heavy atom. The van der Waals surface area contributed by atoms with E-state index in [2.05, 4.69) is 4.72 Å². The van der Waals surface area contributed by atoms with E-state index in [9.17, 15) is 22.3 Å². The number of hydrogen-bond donors (Lipinski definition) is 2. The van der Waals surface area contributed by atoms with Gasteiger partial charge in [0.25, 0.3) is 0 Å². The van der Waals surface area contributed by atoms with E-state index in [0.717, 1.165) is 25.0 Å². The van der Waals surface area contributed by atoms with Gasteiger partial charge in [-0.1, -0.05) is 12.8 Å². The predicted octanol–water partition coefficient (Wildman–Crippen LogP) is 1.55. The molecule has 0 spiro atoms. The van der Waals surface area contributed by atoms with Crippen LogP contribution in [-0.4, -0.2) is 25.7 Å². The predicted molar refractivity (Wildman–Crippen MR) is 65.0 cm³/mol. The second-order valence-electron chi connectivity index (χ2n) is 4.86. The van der Waals surface area contributed by atoms with Crippen LogP contribution in [0, 0.1) is 11.6 Å². The van der Waals surface area contributed by atoms with Crippen LogP contribution >= 0.6 is 0 Å². The Hall–Kier alpha value is -1.05. The van der Waals surface area contributed by atoms with E-state index in [-0.39, 0.29) is 6.61 Å². The van der Waals surface area contributed by atoms with Gasteiger partial charge in [-0.05, 0) is 25.0 Å². The summed E-state index contributed by atoms with van der Waals surface area (Å²) in [6, 6.07) is 2.12. The van der Waals surface area contributed by atoms with Crippen LogP contribution < -0.4 is 4.72 Å². The third-order valence-corrected chi connectivity index (χ3v) is 4.92. The van der Waals surface area contributed by atoms with Crippen molar-refractivity contribution in [3.8, 4) is 0 Å². The first kappa shape index (κ1) is 14.4. The van der Waals surface area contributed by atoms with Gasteiger partial charge in [0.1, 0.15) is 11.6 Å². The monoisotopic (exact) mass is 291 g/mol. The molecule has 0 unspecified atom stereocenters. The summed E-state index contributed by atoms with van der Waals surface area (Å²) in [6.45, 7) is -0.329. The average Bonchev–Trinajstić information content (AvgIpc) is 2.76. The standard InChI is InChI=1S/C12H15F2NO3S/c13-9-5-10(14)7-11(6-9)19(17,18)15-12(8-16)3-1-2-4-12/h5-7,15-16H,1-4,8H2. The fourth-order valence-corrected chi connectivity index (χ4v) is 3.86. The van der Waals surface area contributed by atoms with Crippen LogP contribution in [0.4, 0.5) is 8.78 Å². The van der Waals surface area contributed by atoms with Gasteiger partial charge in [-0.3, -0.25) is 0 Å². The molecule has 2 rings (SSSR count). The topological polar surface area (TPSA) is 66.4 Å². The van der Waals surface area contributed by atoms with Gasteiger partial charge in [-0.25, -0.2) is 21.9 Å². The van der Waals surface area contributed by atoms with Gasteiger partial charge < -0.3 is 5.11 Å². The van der Waals surface area contributed by atoms with E-state index in [1.54, 1.807) is 0 Å². The molecule has 0 atom stereocenters. The van der Waals surface area contributed by atoms with Crippen LogP contribution in [0.3, 0.4) is 0 Å². The zero-order valence-corrected chi connectivity index (χ0v) is 11.0. The lowest BCUT2D eigenvalue weighted by molar-refractivity contribution is 0.185. The zero-order chi connectivity index (χ0) is 14.1. The highest BCUT2D eigenvalue weighted by Gasteiger charge is 2.37. The summed E-state index contributed by atoms with van der Waals surface area (Å²) in [7, 11) is -4.05. The van der Waals surface area contributed by atoms with E-state index in [1.165, 1.54) is 0 Å². The number of sulfonamides is 1. The summed E-state index contributed by atoms with van der Waals surface area (Å²) in [6.07, 6.45) is 2.64. The highest BCUT2D eigenvalue weighted by Crippen LogP contribution is 2.31. The Bertz CT molecular complexity index is 548. The molecule has 0 heterocycles. The second-order valence-corrected chi connectivity index (χ2v) is 6.54. The van der Waals surface area contributed by atoms with Crippen LogP contribution in [0.1, 0.15) is 25.7 Å². The van der Waals surface area contributed by atoms with E-state index >= 15 is 0 Å². The van der Waals surface area contributed by atoms with E-state index in [0.29, 0.717) is 18.9 Å². The molecule has 19 heavy (non-hydrogen) atoms. The molecule has 0 aliphatic heterocycles. The number of benzene rings is 1. The van der Waals surface area contributed by atoms with Crippen LogP contribution in [0.25, 0.3) is 0 Å². The summed E-state index contributed by atoms with van der Waals surface area (Å²) >= 11 is 0. The molecule has 0 radical (unpaired) electrons. The van der Waals surface area contributed by atoms with Gasteiger partial charge in [0.05, 0.1) is 17.0 Å². The van der Waals surface area contributed by atoms with Crippen LogP contribution in [0.5, 0.6) is 0 Å². The van der Waals surface area contributed by atoms with Gasteiger partial charge in [0.2, 0.25) is 10.0 Å². The smallest absolute Gasteiger partial charge is 0.241 e. The molecular formula is C12H15F2NO3S. The molecule has 1 fully saturated rings. The number of aliphatic hydroxyl groups excluding tert-OH is 1. The average molecular weight is 291 g/mol. The van der Waals surface area contributed by atoms with Crippen molar-refractivity contribution >= 4 is 10.0 Å². The first-order valence-corrected chi connectivity index (χ1v) is 7.46. The van der Waals surface area contributed by atoms with Crippen molar-refractivity contribution in [3.63, 3.8) is 0 Å². The Labute approximate surface area is 110 Å². The largest absolute Gasteiger partial charge is 0.394 e. The van der Waals surface area contributed by atoms with Crippen molar-refractivity contribution in [1.29, 1.82) is 0 Å². The molecule has 1 saturated carbocycles. The minimum Gasteiger partial charge on any atom is -0.394 e. The number of rotatable bonds is 4. The Morgan fingerprint density at radius 2 is 1.68 bits per heavy atom. The molecule has 0 bridgehead atoms. The fraction of sp³-hybridized carbons (Fsp3) is 0.500. The Morgan fingerprint density at radius 1 is 1.16 bits per heavy atom. The maximum absolute atomic E-state index is 13.1. The van der Waals surface area contributed by atoms with Crippen molar-refractivity contribution < 1.29 is 22.3 Å². The molecule has 0 aromatic heterocycles. The second kappa shape index (κ2) is 5.15. The molecule has 7 heteroatoms. The molecule has 0 saturated heterocycles. The van der Waals surface area contributed by atoms with Crippen LogP contribution in [0.15, 0.2) is 23.1 Å². The summed E-state index contributed by atoms with van der Waals surface area (Å²) in [4.78, 5) is -0.468. The number of aliphatic hydroxyl groups is 1. The molecule has 0 amide bonds. The van der Waals surface area contributed by atoms with Crippen molar-refractivity contribution in [1.82, 2.24) is 4.72 Å². The fourth-order valence-electron chi connectivity index (χ4n) is 2.37. The maximum atomic E-state index is 13.1. The number of hydrogen-bond acceptors (Lipinski definition) is 3. The summed E-state index contributed by atoms with van der Waals surface area (Å²) < 4.78 is 52.7. The van der Waals surface area contributed by atoms with Gasteiger partial charge in [-0.15, -0.1) is 0 Å². The van der Waals surface area contributed by atoms with Crippen molar-refractivity contribution in [2.45, 2.75) is 36.1 Å². The first-order valence-electron chi connectivity index (χ1n) is 5.98. The minimum absolute atomic E-state index is 0.329. The Kier molecular flexibility index (Phi) is 3.89. The van der Waals surface area contributed by atoms with Gasteiger partial charge in [-0.2, -0.15) is 0 Å². The van der Waals surface area contributed by atoms with Crippen molar-refractivity contribution in [3.05, 3.63) is 29.8 Å². The molecular weight excluding hydrogens is 276 g/mol. The van der Waals surface area contributed by atoms with E-state index in [1.807, 2.05) is 0 Å². The zero-order valence-electron chi connectivity index (χ0n) is 10.2. The molecule has 106 valence electrons. The molecule has 4 nitrogen and oxygen atoms in total.